The lowest BCUT2D eigenvalue weighted by atomic mass is 10.1. The van der Waals surface area contributed by atoms with Crippen molar-refractivity contribution < 1.29 is 14.1 Å². The molecule has 0 saturated heterocycles. The molecule has 2 aromatic rings. The number of carbonyl (C=O) groups is 2. The Morgan fingerprint density at radius 2 is 2.00 bits per heavy atom. The van der Waals surface area contributed by atoms with Crippen molar-refractivity contribution in [2.24, 2.45) is 0 Å². The monoisotopic (exact) mass is 377 g/mol. The number of amides is 2. The molecule has 0 fully saturated rings. The molecule has 1 atom stereocenters. The van der Waals surface area contributed by atoms with Crippen molar-refractivity contribution in [1.29, 1.82) is 0 Å². The summed E-state index contributed by atoms with van der Waals surface area (Å²) in [6, 6.07) is 10.8. The zero-order valence-corrected chi connectivity index (χ0v) is 15.8. The Morgan fingerprint density at radius 1 is 1.27 bits per heavy atom. The number of carbonyl (C=O) groups excluding carboxylic acids is 2. The van der Waals surface area contributed by atoms with Gasteiger partial charge in [0.1, 0.15) is 11.1 Å². The summed E-state index contributed by atoms with van der Waals surface area (Å²) in [7, 11) is 0. The number of benzene rings is 1. The van der Waals surface area contributed by atoms with Crippen LogP contribution in [0, 0.1) is 6.92 Å². The summed E-state index contributed by atoms with van der Waals surface area (Å²) in [6.45, 7) is 4.22. The number of aromatic nitrogens is 1. The fraction of sp³-hybridized carbons (Fsp3) is 0.421. The minimum absolute atomic E-state index is 0.0789. The molecule has 1 aromatic carbocycles. The second-order valence-corrected chi connectivity index (χ2v) is 6.55. The molecule has 0 aliphatic heterocycles. The van der Waals surface area contributed by atoms with Gasteiger partial charge in [0.15, 0.2) is 5.82 Å². The minimum Gasteiger partial charge on any atom is -0.360 e. The molecular weight excluding hydrogens is 354 g/mol. The minimum atomic E-state index is -0.820. The predicted molar refractivity (Wildman–Crippen MR) is 101 cm³/mol. The number of rotatable bonds is 9. The SMILES string of the molecule is CCCCCN(CC(=O)Nc1cc(C)on1)C(=O)[C@H](Cl)c1ccccc1. The molecule has 1 heterocycles. The van der Waals surface area contributed by atoms with Crippen molar-refractivity contribution in [1.82, 2.24) is 10.1 Å². The van der Waals surface area contributed by atoms with Crippen molar-refractivity contribution in [2.75, 3.05) is 18.4 Å². The van der Waals surface area contributed by atoms with Crippen LogP contribution in [0.15, 0.2) is 40.9 Å². The van der Waals surface area contributed by atoms with Crippen molar-refractivity contribution in [2.45, 2.75) is 38.5 Å². The van der Waals surface area contributed by atoms with Gasteiger partial charge in [-0.1, -0.05) is 55.3 Å². The summed E-state index contributed by atoms with van der Waals surface area (Å²) in [5, 5.41) is 5.55. The standard InChI is InChI=1S/C19H24ClN3O3/c1-3-4-8-11-23(13-17(24)21-16-12-14(2)26-22-16)19(25)18(20)15-9-6-5-7-10-15/h5-7,9-10,12,18H,3-4,8,11,13H2,1-2H3,(H,21,22,24)/t18-/m1/s1. The van der Waals surface area contributed by atoms with Gasteiger partial charge >= 0.3 is 0 Å². The molecule has 26 heavy (non-hydrogen) atoms. The van der Waals surface area contributed by atoms with E-state index in [0.717, 1.165) is 19.3 Å². The summed E-state index contributed by atoms with van der Waals surface area (Å²) in [5.74, 6) is 0.320. The third-order valence-corrected chi connectivity index (χ3v) is 4.32. The summed E-state index contributed by atoms with van der Waals surface area (Å²) in [6.07, 6.45) is 2.82. The van der Waals surface area contributed by atoms with Crippen LogP contribution in [0.1, 0.15) is 42.9 Å². The molecule has 0 unspecified atom stereocenters. The van der Waals surface area contributed by atoms with Crippen LogP contribution in [0.2, 0.25) is 0 Å². The highest BCUT2D eigenvalue weighted by molar-refractivity contribution is 6.30. The van der Waals surface area contributed by atoms with Gasteiger partial charge in [-0.15, -0.1) is 11.6 Å². The van der Waals surface area contributed by atoms with E-state index in [1.165, 1.54) is 4.90 Å². The lowest BCUT2D eigenvalue weighted by Crippen LogP contribution is -2.40. The number of alkyl halides is 1. The Hall–Kier alpha value is -2.34. The van der Waals surface area contributed by atoms with Gasteiger partial charge in [0.05, 0.1) is 6.54 Å². The normalized spacial score (nSPS) is 11.8. The van der Waals surface area contributed by atoms with Gasteiger partial charge in [-0.25, -0.2) is 0 Å². The summed E-state index contributed by atoms with van der Waals surface area (Å²) in [4.78, 5) is 26.6. The highest BCUT2D eigenvalue weighted by Crippen LogP contribution is 2.23. The van der Waals surface area contributed by atoms with Crippen molar-refractivity contribution in [3.63, 3.8) is 0 Å². The van der Waals surface area contributed by atoms with Gasteiger partial charge < -0.3 is 14.7 Å². The molecule has 140 valence electrons. The molecule has 7 heteroatoms. The van der Waals surface area contributed by atoms with Crippen molar-refractivity contribution >= 4 is 29.2 Å². The Balaban J connectivity index is 2.03. The van der Waals surface area contributed by atoms with Gasteiger partial charge in [0.25, 0.3) is 0 Å². The highest BCUT2D eigenvalue weighted by atomic mass is 35.5. The average molecular weight is 378 g/mol. The van der Waals surface area contributed by atoms with Gasteiger partial charge in [-0.05, 0) is 18.9 Å². The third kappa shape index (κ3) is 5.88. The Morgan fingerprint density at radius 3 is 2.62 bits per heavy atom. The fourth-order valence-electron chi connectivity index (χ4n) is 2.53. The van der Waals surface area contributed by atoms with Crippen LogP contribution in [-0.4, -0.2) is 35.0 Å². The Labute approximate surface area is 158 Å². The van der Waals surface area contributed by atoms with E-state index in [9.17, 15) is 9.59 Å². The number of hydrogen-bond acceptors (Lipinski definition) is 4. The Bertz CT molecular complexity index is 718. The molecular formula is C19H24ClN3O3. The third-order valence-electron chi connectivity index (χ3n) is 3.88. The highest BCUT2D eigenvalue weighted by Gasteiger charge is 2.25. The maximum Gasteiger partial charge on any atom is 0.245 e. The molecule has 0 saturated carbocycles. The van der Waals surface area contributed by atoms with Gasteiger partial charge in [0, 0.05) is 12.6 Å². The van der Waals surface area contributed by atoms with Crippen LogP contribution in [0.5, 0.6) is 0 Å². The van der Waals surface area contributed by atoms with Crippen LogP contribution in [-0.2, 0) is 9.59 Å². The van der Waals surface area contributed by atoms with Crippen LogP contribution in [0.3, 0.4) is 0 Å². The van der Waals surface area contributed by atoms with E-state index in [0.29, 0.717) is 23.7 Å². The number of unbranched alkanes of at least 4 members (excludes halogenated alkanes) is 2. The molecule has 0 radical (unpaired) electrons. The molecule has 0 aliphatic carbocycles. The number of hydrogen-bond donors (Lipinski definition) is 1. The van der Waals surface area contributed by atoms with Crippen LogP contribution < -0.4 is 5.32 Å². The molecule has 2 rings (SSSR count). The van der Waals surface area contributed by atoms with E-state index in [2.05, 4.69) is 17.4 Å². The largest absolute Gasteiger partial charge is 0.360 e. The number of nitrogens with zero attached hydrogens (tertiary/aromatic N) is 2. The van der Waals surface area contributed by atoms with Gasteiger partial charge in [-0.3, -0.25) is 9.59 Å². The van der Waals surface area contributed by atoms with E-state index in [-0.39, 0.29) is 18.4 Å². The number of anilines is 1. The summed E-state index contributed by atoms with van der Waals surface area (Å²) in [5.41, 5.74) is 0.715. The molecule has 6 nitrogen and oxygen atoms in total. The zero-order valence-electron chi connectivity index (χ0n) is 15.1. The van der Waals surface area contributed by atoms with E-state index >= 15 is 0 Å². The molecule has 1 N–H and O–H groups in total. The molecule has 2 amide bonds. The first kappa shape index (κ1) is 20.0. The second-order valence-electron chi connectivity index (χ2n) is 6.11. The molecule has 1 aromatic heterocycles. The first-order chi connectivity index (χ1) is 12.5. The van der Waals surface area contributed by atoms with E-state index in [1.54, 1.807) is 25.1 Å². The smallest absolute Gasteiger partial charge is 0.245 e. The van der Waals surface area contributed by atoms with E-state index in [4.69, 9.17) is 16.1 Å². The van der Waals surface area contributed by atoms with E-state index in [1.807, 2.05) is 18.2 Å². The van der Waals surface area contributed by atoms with Gasteiger partial charge in [0.2, 0.25) is 11.8 Å². The average Bonchev–Trinajstić information content (AvgIpc) is 3.05. The topological polar surface area (TPSA) is 75.4 Å². The quantitative estimate of drug-likeness (QED) is 0.530. The maximum atomic E-state index is 12.8. The summed E-state index contributed by atoms with van der Waals surface area (Å²) >= 11 is 6.36. The summed E-state index contributed by atoms with van der Waals surface area (Å²) < 4.78 is 4.93. The molecule has 0 aliphatic rings. The van der Waals surface area contributed by atoms with Crippen LogP contribution in [0.4, 0.5) is 5.82 Å². The van der Waals surface area contributed by atoms with E-state index < -0.39 is 5.38 Å². The fourth-order valence-corrected chi connectivity index (χ4v) is 2.81. The molecule has 0 spiro atoms. The second kappa shape index (κ2) is 9.97. The first-order valence-corrected chi connectivity index (χ1v) is 9.16. The zero-order chi connectivity index (χ0) is 18.9. The lowest BCUT2D eigenvalue weighted by Gasteiger charge is -2.24. The maximum absolute atomic E-state index is 12.8. The number of aryl methyl sites for hydroxylation is 1. The lowest BCUT2D eigenvalue weighted by molar-refractivity contribution is -0.134. The Kier molecular flexibility index (Phi) is 7.66. The predicted octanol–water partition coefficient (Wildman–Crippen LogP) is 3.92. The van der Waals surface area contributed by atoms with Crippen LogP contribution in [0.25, 0.3) is 0 Å². The number of nitrogens with one attached hydrogen (secondary N) is 1. The van der Waals surface area contributed by atoms with Crippen molar-refractivity contribution in [3.05, 3.63) is 47.7 Å². The number of halogens is 1. The van der Waals surface area contributed by atoms with Gasteiger partial charge in [-0.2, -0.15) is 0 Å². The molecule has 0 bridgehead atoms. The van der Waals surface area contributed by atoms with Crippen molar-refractivity contribution in [3.8, 4) is 0 Å². The van der Waals surface area contributed by atoms with Crippen LogP contribution >= 0.6 is 11.6 Å². The first-order valence-electron chi connectivity index (χ1n) is 8.72.